The van der Waals surface area contributed by atoms with Crippen LogP contribution in [0.4, 0.5) is 0 Å². The lowest BCUT2D eigenvalue weighted by Gasteiger charge is -2.34. The van der Waals surface area contributed by atoms with Crippen molar-refractivity contribution in [1.29, 1.82) is 0 Å². The minimum atomic E-state index is -0.565. The highest BCUT2D eigenvalue weighted by Crippen LogP contribution is 2.42. The zero-order valence-corrected chi connectivity index (χ0v) is 13.2. The van der Waals surface area contributed by atoms with Gasteiger partial charge in [0.05, 0.1) is 31.4 Å². The molecular weight excluding hydrogens is 301 g/mol. The monoisotopic (exact) mass is 321 g/mol. The van der Waals surface area contributed by atoms with Crippen LogP contribution in [-0.4, -0.2) is 25.4 Å². The van der Waals surface area contributed by atoms with Crippen LogP contribution >= 0.6 is 24.0 Å². The molecule has 2 rings (SSSR count). The van der Waals surface area contributed by atoms with Gasteiger partial charge >= 0.3 is 0 Å². The van der Waals surface area contributed by atoms with Gasteiger partial charge in [0.2, 0.25) is 0 Å². The molecule has 6 heteroatoms. The average Bonchev–Trinajstić information content (AvgIpc) is 2.35. The van der Waals surface area contributed by atoms with E-state index in [4.69, 9.17) is 26.8 Å². The second kappa shape index (κ2) is 7.36. The van der Waals surface area contributed by atoms with E-state index in [0.717, 1.165) is 19.3 Å². The van der Waals surface area contributed by atoms with Crippen molar-refractivity contribution in [2.45, 2.75) is 31.4 Å². The van der Waals surface area contributed by atoms with E-state index in [1.807, 2.05) is 0 Å². The van der Waals surface area contributed by atoms with Gasteiger partial charge in [0.25, 0.3) is 0 Å². The molecule has 0 saturated heterocycles. The van der Waals surface area contributed by atoms with Crippen molar-refractivity contribution < 1.29 is 14.6 Å². The van der Waals surface area contributed by atoms with Gasteiger partial charge in [0.1, 0.15) is 0 Å². The molecule has 0 radical (unpaired) electrons. The fraction of sp³-hybridized carbons (Fsp3) is 0.571. The Balaban J connectivity index is 0.00000200. The van der Waals surface area contributed by atoms with Crippen molar-refractivity contribution in [1.82, 2.24) is 0 Å². The minimum Gasteiger partial charge on any atom is -0.493 e. The molecule has 3 N–H and O–H groups in total. The van der Waals surface area contributed by atoms with E-state index in [2.05, 4.69) is 0 Å². The molecule has 1 fully saturated rings. The molecular formula is C14H21Cl2NO3. The molecule has 1 aromatic carbocycles. The van der Waals surface area contributed by atoms with E-state index >= 15 is 0 Å². The van der Waals surface area contributed by atoms with Crippen molar-refractivity contribution in [3.63, 3.8) is 0 Å². The van der Waals surface area contributed by atoms with Crippen LogP contribution in [0.3, 0.4) is 0 Å². The highest BCUT2D eigenvalue weighted by Gasteiger charge is 2.32. The molecule has 20 heavy (non-hydrogen) atoms. The number of nitrogens with two attached hydrogens (primary N) is 1. The second-order valence-corrected chi connectivity index (χ2v) is 5.29. The molecule has 1 aliphatic carbocycles. The van der Waals surface area contributed by atoms with E-state index < -0.39 is 12.1 Å². The number of hydrogen-bond donors (Lipinski definition) is 2. The van der Waals surface area contributed by atoms with Gasteiger partial charge in [-0.15, -0.1) is 12.4 Å². The lowest BCUT2D eigenvalue weighted by molar-refractivity contribution is 0.0413. The summed E-state index contributed by atoms with van der Waals surface area (Å²) in [5, 5.41) is 10.7. The van der Waals surface area contributed by atoms with Gasteiger partial charge in [-0.1, -0.05) is 24.1 Å². The average molecular weight is 322 g/mol. The summed E-state index contributed by atoms with van der Waals surface area (Å²) in [7, 11) is 3.08. The predicted molar refractivity (Wildman–Crippen MR) is 82.1 cm³/mol. The summed E-state index contributed by atoms with van der Waals surface area (Å²) < 4.78 is 10.4. The lowest BCUT2D eigenvalue weighted by Crippen LogP contribution is -2.36. The van der Waals surface area contributed by atoms with Crippen molar-refractivity contribution in [2.75, 3.05) is 14.2 Å². The van der Waals surface area contributed by atoms with Crippen molar-refractivity contribution in [2.24, 2.45) is 11.7 Å². The van der Waals surface area contributed by atoms with Crippen LogP contribution in [0.1, 0.15) is 30.9 Å². The highest BCUT2D eigenvalue weighted by molar-refractivity contribution is 6.33. The van der Waals surface area contributed by atoms with E-state index in [9.17, 15) is 5.11 Å². The lowest BCUT2D eigenvalue weighted by atomic mass is 9.77. The summed E-state index contributed by atoms with van der Waals surface area (Å²) in [6.07, 6.45) is 2.65. The van der Waals surface area contributed by atoms with Gasteiger partial charge in [-0.25, -0.2) is 0 Å². The third kappa shape index (κ3) is 3.14. The number of aliphatic hydroxyl groups excluding tert-OH is 1. The molecule has 0 aliphatic heterocycles. The second-order valence-electron chi connectivity index (χ2n) is 4.91. The summed E-state index contributed by atoms with van der Waals surface area (Å²) in [6, 6.07) is 3.04. The van der Waals surface area contributed by atoms with Gasteiger partial charge in [-0.05, 0) is 30.4 Å². The van der Waals surface area contributed by atoms with Crippen LogP contribution in [0.2, 0.25) is 5.02 Å². The quantitative estimate of drug-likeness (QED) is 0.875. The van der Waals surface area contributed by atoms with Crippen LogP contribution in [-0.2, 0) is 0 Å². The van der Waals surface area contributed by atoms with Gasteiger partial charge < -0.3 is 20.3 Å². The van der Waals surface area contributed by atoms with E-state index in [1.54, 1.807) is 19.2 Å². The standard InChI is InChI=1S/C14H20ClNO3.ClH/c1-18-10-7-6-9(11(15)14(10)19-2)12(16)13(17)8-4-3-5-8;/h6-8,12-13,17H,3-5,16H2,1-2H3;1H/t12-,13+;/m1./s1. The molecule has 4 nitrogen and oxygen atoms in total. The summed E-state index contributed by atoms with van der Waals surface area (Å²) in [5.41, 5.74) is 6.83. The Kier molecular flexibility index (Phi) is 6.40. The summed E-state index contributed by atoms with van der Waals surface area (Å²) in [5.74, 6) is 1.29. The predicted octanol–water partition coefficient (Wildman–Crippen LogP) is 2.94. The Morgan fingerprint density at radius 1 is 1.30 bits per heavy atom. The largest absolute Gasteiger partial charge is 0.493 e. The Hall–Kier alpha value is -0.680. The Bertz CT molecular complexity index is 452. The van der Waals surface area contributed by atoms with Gasteiger partial charge in [0.15, 0.2) is 11.5 Å². The number of rotatable bonds is 5. The molecule has 0 heterocycles. The Morgan fingerprint density at radius 2 is 1.95 bits per heavy atom. The molecule has 1 saturated carbocycles. The Morgan fingerprint density at radius 3 is 2.40 bits per heavy atom. The first kappa shape index (κ1) is 17.4. The Labute approximate surface area is 130 Å². The van der Waals surface area contributed by atoms with Crippen LogP contribution in [0.5, 0.6) is 11.5 Å². The minimum absolute atomic E-state index is 0. The molecule has 0 amide bonds. The molecule has 114 valence electrons. The summed E-state index contributed by atoms with van der Waals surface area (Å²) in [4.78, 5) is 0. The van der Waals surface area contributed by atoms with Crippen LogP contribution in [0.25, 0.3) is 0 Å². The molecule has 0 aromatic heterocycles. The molecule has 0 unspecified atom stereocenters. The normalized spacial score (nSPS) is 17.6. The molecule has 0 bridgehead atoms. The smallest absolute Gasteiger partial charge is 0.179 e. The fourth-order valence-corrected chi connectivity index (χ4v) is 2.78. The van der Waals surface area contributed by atoms with Crippen LogP contribution in [0.15, 0.2) is 12.1 Å². The van der Waals surface area contributed by atoms with Crippen LogP contribution in [0, 0.1) is 5.92 Å². The number of aliphatic hydroxyl groups is 1. The van der Waals surface area contributed by atoms with Crippen molar-refractivity contribution in [3.8, 4) is 11.5 Å². The highest BCUT2D eigenvalue weighted by atomic mass is 35.5. The van der Waals surface area contributed by atoms with E-state index in [0.29, 0.717) is 22.1 Å². The summed E-state index contributed by atoms with van der Waals surface area (Å²) >= 11 is 6.30. The van der Waals surface area contributed by atoms with E-state index in [1.165, 1.54) is 7.11 Å². The maximum Gasteiger partial charge on any atom is 0.179 e. The number of ether oxygens (including phenoxy) is 2. The van der Waals surface area contributed by atoms with Crippen molar-refractivity contribution >= 4 is 24.0 Å². The molecule has 0 spiro atoms. The van der Waals surface area contributed by atoms with Crippen molar-refractivity contribution in [3.05, 3.63) is 22.7 Å². The topological polar surface area (TPSA) is 64.7 Å². The zero-order chi connectivity index (χ0) is 14.0. The number of hydrogen-bond acceptors (Lipinski definition) is 4. The van der Waals surface area contributed by atoms with Gasteiger partial charge in [0, 0.05) is 0 Å². The maximum atomic E-state index is 10.2. The van der Waals surface area contributed by atoms with Gasteiger partial charge in [-0.3, -0.25) is 0 Å². The first-order valence-corrected chi connectivity index (χ1v) is 6.82. The number of halogens is 2. The third-order valence-electron chi connectivity index (χ3n) is 3.87. The zero-order valence-electron chi connectivity index (χ0n) is 11.6. The third-order valence-corrected chi connectivity index (χ3v) is 4.26. The van der Waals surface area contributed by atoms with Gasteiger partial charge in [-0.2, -0.15) is 0 Å². The fourth-order valence-electron chi connectivity index (χ4n) is 2.42. The number of benzene rings is 1. The van der Waals surface area contributed by atoms with E-state index in [-0.39, 0.29) is 18.3 Å². The maximum absolute atomic E-state index is 10.2. The first-order chi connectivity index (χ1) is 9.10. The SMILES string of the molecule is COc1ccc([C@@H](N)[C@@H](O)C2CCC2)c(Cl)c1OC.Cl. The molecule has 1 aromatic rings. The molecule has 2 atom stereocenters. The molecule has 1 aliphatic rings. The summed E-state index contributed by atoms with van der Waals surface area (Å²) in [6.45, 7) is 0. The van der Waals surface area contributed by atoms with Crippen LogP contribution < -0.4 is 15.2 Å². The number of methoxy groups -OCH3 is 2. The first-order valence-electron chi connectivity index (χ1n) is 6.44.